The van der Waals surface area contributed by atoms with E-state index >= 15 is 0 Å². The van der Waals surface area contributed by atoms with Gasteiger partial charge in [-0.3, -0.25) is 0 Å². The summed E-state index contributed by atoms with van der Waals surface area (Å²) in [4.78, 5) is 10.0. The molecule has 0 amide bonds. The first-order valence-corrected chi connectivity index (χ1v) is 6.07. The van der Waals surface area contributed by atoms with Crippen LogP contribution >= 0.6 is 22.7 Å². The van der Waals surface area contributed by atoms with Crippen LogP contribution in [0.5, 0.6) is 0 Å². The number of nitrogens with two attached hydrogens (primary N) is 1. The monoisotopic (exact) mass is 225 g/mol. The van der Waals surface area contributed by atoms with Crippen molar-refractivity contribution in [3.63, 3.8) is 0 Å². The van der Waals surface area contributed by atoms with Crippen molar-refractivity contribution in [2.75, 3.05) is 6.54 Å². The van der Waals surface area contributed by atoms with E-state index < -0.39 is 0 Å². The molecule has 0 aliphatic carbocycles. The van der Waals surface area contributed by atoms with E-state index in [0.29, 0.717) is 6.54 Å². The lowest BCUT2D eigenvalue weighted by atomic mass is 10.4. The van der Waals surface area contributed by atoms with E-state index in [1.165, 1.54) is 4.88 Å². The van der Waals surface area contributed by atoms with E-state index in [1.54, 1.807) is 28.9 Å². The third kappa shape index (κ3) is 1.84. The molecule has 2 heterocycles. The third-order valence-corrected chi connectivity index (χ3v) is 3.64. The Balaban J connectivity index is 2.35. The van der Waals surface area contributed by atoms with Gasteiger partial charge in [-0.1, -0.05) is 0 Å². The Hall–Kier alpha value is -0.780. The number of rotatable bonds is 3. The minimum Gasteiger partial charge on any atom is -0.330 e. The molecule has 0 fully saturated rings. The van der Waals surface area contributed by atoms with Gasteiger partial charge in [-0.25, -0.2) is 9.97 Å². The van der Waals surface area contributed by atoms with Crippen LogP contribution in [0.4, 0.5) is 0 Å². The number of thiazole rings is 2. The van der Waals surface area contributed by atoms with Crippen molar-refractivity contribution in [3.05, 3.63) is 21.5 Å². The smallest absolute Gasteiger partial charge is 0.142 e. The normalized spacial score (nSPS) is 10.7. The number of hydrogen-bond acceptors (Lipinski definition) is 5. The fraction of sp³-hybridized carbons (Fsp3) is 0.333. The Morgan fingerprint density at radius 2 is 2.36 bits per heavy atom. The summed E-state index contributed by atoms with van der Waals surface area (Å²) >= 11 is 3.34. The van der Waals surface area contributed by atoms with E-state index in [4.69, 9.17) is 5.73 Å². The predicted molar refractivity (Wildman–Crippen MR) is 60.7 cm³/mol. The minimum absolute atomic E-state index is 0.657. The molecular formula is C9H11N3S2. The van der Waals surface area contributed by atoms with Gasteiger partial charge in [-0.2, -0.15) is 0 Å². The van der Waals surface area contributed by atoms with Gasteiger partial charge in [-0.15, -0.1) is 22.7 Å². The molecule has 2 N–H and O–H groups in total. The summed E-state index contributed by atoms with van der Waals surface area (Å²) in [7, 11) is 0. The van der Waals surface area contributed by atoms with Crippen LogP contribution in [0.3, 0.4) is 0 Å². The van der Waals surface area contributed by atoms with Gasteiger partial charge in [0.15, 0.2) is 0 Å². The Kier molecular flexibility index (Phi) is 2.90. The number of nitrogens with zero attached hydrogens (tertiary/aromatic N) is 2. The first-order chi connectivity index (χ1) is 6.81. The summed E-state index contributed by atoms with van der Waals surface area (Å²) in [6, 6.07) is 0. The highest BCUT2D eigenvalue weighted by Gasteiger charge is 2.10. The highest BCUT2D eigenvalue weighted by Crippen LogP contribution is 2.28. The average Bonchev–Trinajstić information content (AvgIpc) is 2.74. The predicted octanol–water partition coefficient (Wildman–Crippen LogP) is 2.08. The quantitative estimate of drug-likeness (QED) is 0.870. The highest BCUT2D eigenvalue weighted by atomic mass is 32.1. The van der Waals surface area contributed by atoms with Crippen LogP contribution in [-0.4, -0.2) is 16.5 Å². The average molecular weight is 225 g/mol. The zero-order chi connectivity index (χ0) is 9.97. The van der Waals surface area contributed by atoms with Gasteiger partial charge in [0.05, 0.1) is 5.01 Å². The SMILES string of the molecule is Cc1sc(CCN)nc1-c1nccs1. The molecule has 0 saturated heterocycles. The van der Waals surface area contributed by atoms with Crippen molar-refractivity contribution in [3.8, 4) is 10.7 Å². The van der Waals surface area contributed by atoms with Crippen LogP contribution in [0.2, 0.25) is 0 Å². The maximum Gasteiger partial charge on any atom is 0.142 e. The van der Waals surface area contributed by atoms with Gasteiger partial charge in [0, 0.05) is 22.9 Å². The molecule has 5 heteroatoms. The van der Waals surface area contributed by atoms with Crippen LogP contribution in [0.15, 0.2) is 11.6 Å². The summed E-state index contributed by atoms with van der Waals surface area (Å²) in [5, 5.41) is 4.08. The van der Waals surface area contributed by atoms with Crippen LogP contribution in [0, 0.1) is 6.92 Å². The summed E-state index contributed by atoms with van der Waals surface area (Å²) in [5.74, 6) is 0. The molecular weight excluding hydrogens is 214 g/mol. The zero-order valence-electron chi connectivity index (χ0n) is 7.86. The maximum absolute atomic E-state index is 5.49. The molecule has 0 radical (unpaired) electrons. The standard InChI is InChI=1S/C9H11N3S2/c1-6-8(9-11-4-5-13-9)12-7(14-6)2-3-10/h4-5H,2-3,10H2,1H3. The Bertz CT molecular complexity index is 406. The largest absolute Gasteiger partial charge is 0.330 e. The molecule has 0 saturated carbocycles. The second kappa shape index (κ2) is 4.16. The first-order valence-electron chi connectivity index (χ1n) is 4.37. The van der Waals surface area contributed by atoms with E-state index in [1.807, 2.05) is 5.38 Å². The Morgan fingerprint density at radius 1 is 1.50 bits per heavy atom. The van der Waals surface area contributed by atoms with Crippen molar-refractivity contribution in [2.24, 2.45) is 5.73 Å². The van der Waals surface area contributed by atoms with Crippen LogP contribution < -0.4 is 5.73 Å². The van der Waals surface area contributed by atoms with Gasteiger partial charge in [0.25, 0.3) is 0 Å². The fourth-order valence-electron chi connectivity index (χ4n) is 1.22. The lowest BCUT2D eigenvalue weighted by Gasteiger charge is -1.89. The van der Waals surface area contributed by atoms with Crippen molar-refractivity contribution >= 4 is 22.7 Å². The molecule has 0 atom stereocenters. The first kappa shape index (κ1) is 9.76. The van der Waals surface area contributed by atoms with E-state index in [-0.39, 0.29) is 0 Å². The number of aromatic nitrogens is 2. The molecule has 0 aliphatic heterocycles. The molecule has 0 aromatic carbocycles. The molecule has 0 aliphatic rings. The van der Waals surface area contributed by atoms with Crippen LogP contribution in [0.25, 0.3) is 10.7 Å². The summed E-state index contributed by atoms with van der Waals surface area (Å²) < 4.78 is 0. The van der Waals surface area contributed by atoms with Crippen molar-refractivity contribution in [1.29, 1.82) is 0 Å². The molecule has 3 nitrogen and oxygen atoms in total. The van der Waals surface area contributed by atoms with Gasteiger partial charge < -0.3 is 5.73 Å². The third-order valence-electron chi connectivity index (χ3n) is 1.83. The summed E-state index contributed by atoms with van der Waals surface area (Å²) in [6.45, 7) is 2.73. The van der Waals surface area contributed by atoms with Gasteiger partial charge in [-0.05, 0) is 13.5 Å². The molecule has 0 spiro atoms. The number of aryl methyl sites for hydroxylation is 1. The molecule has 74 valence electrons. The number of hydrogen-bond donors (Lipinski definition) is 1. The molecule has 0 unspecified atom stereocenters. The molecule has 2 aromatic heterocycles. The Morgan fingerprint density at radius 3 is 3.00 bits per heavy atom. The molecule has 2 aromatic rings. The minimum atomic E-state index is 0.657. The zero-order valence-corrected chi connectivity index (χ0v) is 9.49. The van der Waals surface area contributed by atoms with E-state index in [0.717, 1.165) is 22.1 Å². The van der Waals surface area contributed by atoms with Crippen molar-refractivity contribution in [2.45, 2.75) is 13.3 Å². The van der Waals surface area contributed by atoms with Gasteiger partial charge >= 0.3 is 0 Å². The summed E-state index contributed by atoms with van der Waals surface area (Å²) in [6.07, 6.45) is 2.66. The van der Waals surface area contributed by atoms with E-state index in [2.05, 4.69) is 16.9 Å². The van der Waals surface area contributed by atoms with Gasteiger partial charge in [0.1, 0.15) is 10.7 Å². The lowest BCUT2D eigenvalue weighted by Crippen LogP contribution is -2.01. The highest BCUT2D eigenvalue weighted by molar-refractivity contribution is 7.14. The lowest BCUT2D eigenvalue weighted by molar-refractivity contribution is 0.954. The van der Waals surface area contributed by atoms with Crippen molar-refractivity contribution in [1.82, 2.24) is 9.97 Å². The maximum atomic E-state index is 5.49. The second-order valence-corrected chi connectivity index (χ2v) is 5.07. The van der Waals surface area contributed by atoms with Crippen LogP contribution in [-0.2, 0) is 6.42 Å². The van der Waals surface area contributed by atoms with Gasteiger partial charge in [0.2, 0.25) is 0 Å². The topological polar surface area (TPSA) is 51.8 Å². The fourth-order valence-corrected chi connectivity index (χ4v) is 2.92. The van der Waals surface area contributed by atoms with Crippen molar-refractivity contribution < 1.29 is 0 Å². The second-order valence-electron chi connectivity index (χ2n) is 2.89. The molecule has 2 rings (SSSR count). The molecule has 14 heavy (non-hydrogen) atoms. The van der Waals surface area contributed by atoms with Crippen LogP contribution in [0.1, 0.15) is 9.88 Å². The van der Waals surface area contributed by atoms with E-state index in [9.17, 15) is 0 Å². The Labute approximate surface area is 90.6 Å². The molecule has 0 bridgehead atoms. The summed E-state index contributed by atoms with van der Waals surface area (Å²) in [5.41, 5.74) is 6.51.